The van der Waals surface area contributed by atoms with E-state index in [1.807, 2.05) is 6.26 Å². The summed E-state index contributed by atoms with van der Waals surface area (Å²) in [4.78, 5) is 22.7. The number of carboxylic acid groups (broad SMARTS) is 1. The summed E-state index contributed by atoms with van der Waals surface area (Å²) in [6, 6.07) is -0.797. The molecule has 0 aromatic rings. The van der Waals surface area contributed by atoms with Crippen LogP contribution >= 0.6 is 11.8 Å². The molecule has 3 N–H and O–H groups in total. The molecule has 0 saturated carbocycles. The van der Waals surface area contributed by atoms with Gasteiger partial charge >= 0.3 is 5.97 Å². The number of carbonyl (C=O) groups excluding carboxylic acids is 1. The molecule has 0 aromatic heterocycles. The Hall–Kier alpha value is -0.790. The van der Waals surface area contributed by atoms with Crippen LogP contribution in [0.5, 0.6) is 0 Å². The maximum absolute atomic E-state index is 11.7. The lowest BCUT2D eigenvalue weighted by atomic mass is 10.1. The standard InChI is InChI=1S/C13H24N2O4S/c1-20-9-5-11(13(17)18)15-12(16)4-8-19-10-2-6-14-7-3-10/h10-11,14H,2-9H2,1H3,(H,15,16)(H,17,18). The maximum Gasteiger partial charge on any atom is 0.326 e. The molecule has 6 nitrogen and oxygen atoms in total. The summed E-state index contributed by atoms with van der Waals surface area (Å²) in [5.74, 6) is -0.526. The fourth-order valence-electron chi connectivity index (χ4n) is 2.04. The number of amides is 1. The van der Waals surface area contributed by atoms with Crippen LogP contribution in [-0.4, -0.2) is 60.8 Å². The second-order valence-corrected chi connectivity index (χ2v) is 5.80. The van der Waals surface area contributed by atoms with Gasteiger partial charge in [0.15, 0.2) is 0 Å². The van der Waals surface area contributed by atoms with Crippen molar-refractivity contribution in [2.24, 2.45) is 0 Å². The van der Waals surface area contributed by atoms with Crippen LogP contribution in [0.4, 0.5) is 0 Å². The number of aliphatic carboxylic acids is 1. The van der Waals surface area contributed by atoms with Gasteiger partial charge in [0.25, 0.3) is 0 Å². The topological polar surface area (TPSA) is 87.7 Å². The smallest absolute Gasteiger partial charge is 0.326 e. The minimum atomic E-state index is -0.980. The van der Waals surface area contributed by atoms with Crippen molar-refractivity contribution in [2.45, 2.75) is 37.8 Å². The van der Waals surface area contributed by atoms with Crippen molar-refractivity contribution in [3.8, 4) is 0 Å². The molecule has 0 aromatic carbocycles. The van der Waals surface area contributed by atoms with Crippen LogP contribution in [-0.2, 0) is 14.3 Å². The Labute approximate surface area is 124 Å². The van der Waals surface area contributed by atoms with E-state index in [2.05, 4.69) is 10.6 Å². The minimum Gasteiger partial charge on any atom is -0.480 e. The first-order valence-electron chi connectivity index (χ1n) is 6.97. The van der Waals surface area contributed by atoms with Crippen LogP contribution < -0.4 is 10.6 Å². The molecule has 0 aliphatic carbocycles. The van der Waals surface area contributed by atoms with Gasteiger partial charge in [0, 0.05) is 6.42 Å². The van der Waals surface area contributed by atoms with Gasteiger partial charge in [-0.1, -0.05) is 0 Å². The zero-order valence-electron chi connectivity index (χ0n) is 11.9. The van der Waals surface area contributed by atoms with Gasteiger partial charge in [-0.2, -0.15) is 11.8 Å². The molecule has 1 rings (SSSR count). The summed E-state index contributed by atoms with van der Waals surface area (Å²) in [7, 11) is 0. The second kappa shape index (κ2) is 10.0. The highest BCUT2D eigenvalue weighted by Gasteiger charge is 2.19. The van der Waals surface area contributed by atoms with Crippen LogP contribution in [0.1, 0.15) is 25.7 Å². The van der Waals surface area contributed by atoms with E-state index in [0.29, 0.717) is 18.8 Å². The lowest BCUT2D eigenvalue weighted by Crippen LogP contribution is -2.41. The van der Waals surface area contributed by atoms with Crippen molar-refractivity contribution in [3.05, 3.63) is 0 Å². The summed E-state index contributed by atoms with van der Waals surface area (Å²) in [6.07, 6.45) is 4.72. The summed E-state index contributed by atoms with van der Waals surface area (Å²) < 4.78 is 5.62. The second-order valence-electron chi connectivity index (χ2n) is 4.81. The predicted octanol–water partition coefficient (Wildman–Crippen LogP) is 0.468. The van der Waals surface area contributed by atoms with E-state index in [1.165, 1.54) is 0 Å². The fraction of sp³-hybridized carbons (Fsp3) is 0.846. The number of piperidine rings is 1. The third-order valence-corrected chi connectivity index (χ3v) is 3.86. The SMILES string of the molecule is CSCCC(NC(=O)CCOC1CCNCC1)C(=O)O. The number of ether oxygens (including phenoxy) is 1. The van der Waals surface area contributed by atoms with E-state index in [1.54, 1.807) is 11.8 Å². The molecule has 20 heavy (non-hydrogen) atoms. The van der Waals surface area contributed by atoms with Gasteiger partial charge in [-0.05, 0) is 44.4 Å². The molecule has 0 bridgehead atoms. The van der Waals surface area contributed by atoms with Gasteiger partial charge in [0.1, 0.15) is 6.04 Å². The van der Waals surface area contributed by atoms with E-state index in [-0.39, 0.29) is 18.4 Å². The normalized spacial score (nSPS) is 17.6. The van der Waals surface area contributed by atoms with Crippen LogP contribution in [0.2, 0.25) is 0 Å². The molecule has 1 amide bonds. The quantitative estimate of drug-likeness (QED) is 0.574. The van der Waals surface area contributed by atoms with Crippen molar-refractivity contribution in [3.63, 3.8) is 0 Å². The fourth-order valence-corrected chi connectivity index (χ4v) is 2.51. The lowest BCUT2D eigenvalue weighted by molar-refractivity contribution is -0.142. The van der Waals surface area contributed by atoms with Crippen molar-refractivity contribution < 1.29 is 19.4 Å². The van der Waals surface area contributed by atoms with E-state index < -0.39 is 12.0 Å². The Morgan fingerprint density at radius 1 is 1.45 bits per heavy atom. The van der Waals surface area contributed by atoms with E-state index in [4.69, 9.17) is 9.84 Å². The molecule has 116 valence electrons. The Morgan fingerprint density at radius 3 is 2.75 bits per heavy atom. The molecular weight excluding hydrogens is 280 g/mol. The molecule has 1 aliphatic rings. The molecule has 1 saturated heterocycles. The van der Waals surface area contributed by atoms with Crippen LogP contribution in [0, 0.1) is 0 Å². The lowest BCUT2D eigenvalue weighted by Gasteiger charge is -2.23. The van der Waals surface area contributed by atoms with Gasteiger partial charge in [-0.25, -0.2) is 4.79 Å². The monoisotopic (exact) mass is 304 g/mol. The first-order chi connectivity index (χ1) is 9.63. The number of nitrogens with one attached hydrogen (secondary N) is 2. The molecule has 0 radical (unpaired) electrons. The summed E-state index contributed by atoms with van der Waals surface area (Å²) in [5, 5.41) is 14.8. The molecule has 1 aliphatic heterocycles. The van der Waals surface area contributed by atoms with Crippen molar-refractivity contribution in [2.75, 3.05) is 31.7 Å². The number of rotatable bonds is 9. The van der Waals surface area contributed by atoms with Gasteiger partial charge in [-0.15, -0.1) is 0 Å². The summed E-state index contributed by atoms with van der Waals surface area (Å²) in [6.45, 7) is 2.25. The first-order valence-corrected chi connectivity index (χ1v) is 8.36. The number of carbonyl (C=O) groups is 2. The van der Waals surface area contributed by atoms with Crippen molar-refractivity contribution in [1.82, 2.24) is 10.6 Å². The highest BCUT2D eigenvalue weighted by Crippen LogP contribution is 2.07. The largest absolute Gasteiger partial charge is 0.480 e. The van der Waals surface area contributed by atoms with E-state index in [9.17, 15) is 9.59 Å². The highest BCUT2D eigenvalue weighted by atomic mass is 32.2. The number of thioether (sulfide) groups is 1. The maximum atomic E-state index is 11.7. The zero-order valence-corrected chi connectivity index (χ0v) is 12.7. The van der Waals surface area contributed by atoms with Crippen LogP contribution in [0.25, 0.3) is 0 Å². The predicted molar refractivity (Wildman–Crippen MR) is 79.0 cm³/mol. The number of hydrogen-bond acceptors (Lipinski definition) is 5. The Balaban J connectivity index is 2.18. The molecule has 7 heteroatoms. The highest BCUT2D eigenvalue weighted by molar-refractivity contribution is 7.98. The average Bonchev–Trinajstić information content (AvgIpc) is 2.44. The minimum absolute atomic E-state index is 0.215. The first kappa shape index (κ1) is 17.3. The Kier molecular flexibility index (Phi) is 8.64. The molecular formula is C13H24N2O4S. The van der Waals surface area contributed by atoms with Crippen molar-refractivity contribution >= 4 is 23.6 Å². The number of hydrogen-bond donors (Lipinski definition) is 3. The Morgan fingerprint density at radius 2 is 2.15 bits per heavy atom. The van der Waals surface area contributed by atoms with Crippen molar-refractivity contribution in [1.29, 1.82) is 0 Å². The average molecular weight is 304 g/mol. The van der Waals surface area contributed by atoms with Gasteiger partial charge < -0.3 is 20.5 Å². The Bertz CT molecular complexity index is 309. The third-order valence-electron chi connectivity index (χ3n) is 3.21. The van der Waals surface area contributed by atoms with Gasteiger partial charge in [0.2, 0.25) is 5.91 Å². The third kappa shape index (κ3) is 7.12. The van der Waals surface area contributed by atoms with E-state index >= 15 is 0 Å². The molecule has 0 spiro atoms. The van der Waals surface area contributed by atoms with Gasteiger partial charge in [0.05, 0.1) is 12.7 Å². The van der Waals surface area contributed by atoms with Crippen LogP contribution in [0.15, 0.2) is 0 Å². The van der Waals surface area contributed by atoms with E-state index in [0.717, 1.165) is 25.9 Å². The molecule has 1 heterocycles. The molecule has 1 fully saturated rings. The molecule has 1 unspecified atom stereocenters. The molecule has 1 atom stereocenters. The summed E-state index contributed by atoms with van der Waals surface area (Å²) in [5.41, 5.74) is 0. The van der Waals surface area contributed by atoms with Crippen LogP contribution in [0.3, 0.4) is 0 Å². The summed E-state index contributed by atoms with van der Waals surface area (Å²) >= 11 is 1.57. The number of carboxylic acids is 1. The zero-order chi connectivity index (χ0) is 14.8. The van der Waals surface area contributed by atoms with Gasteiger partial charge in [-0.3, -0.25) is 4.79 Å².